The minimum absolute atomic E-state index is 0.0979. The molecule has 1 aliphatic heterocycles. The third-order valence-electron chi connectivity index (χ3n) is 6.04. The Kier molecular flexibility index (Phi) is 8.05. The SMILES string of the molecule is CCOc1ccc(S(=O)(=O)N[C@@H](Cc2ccccc2)C(=O)N2CCN(c3ccccc3)CC2)cc1. The van der Waals surface area contributed by atoms with E-state index in [0.29, 0.717) is 38.5 Å². The van der Waals surface area contributed by atoms with E-state index in [0.717, 1.165) is 11.3 Å². The zero-order valence-corrected chi connectivity index (χ0v) is 20.7. The molecule has 3 aromatic rings. The molecule has 0 saturated carbocycles. The van der Waals surface area contributed by atoms with Crippen molar-refractivity contribution in [1.82, 2.24) is 9.62 Å². The average molecular weight is 494 g/mol. The summed E-state index contributed by atoms with van der Waals surface area (Å²) in [6.45, 7) is 4.81. The number of para-hydroxylation sites is 1. The molecule has 4 rings (SSSR count). The summed E-state index contributed by atoms with van der Waals surface area (Å²) < 4.78 is 34.5. The van der Waals surface area contributed by atoms with Gasteiger partial charge in [-0.15, -0.1) is 0 Å². The van der Waals surface area contributed by atoms with Crippen molar-refractivity contribution in [2.75, 3.05) is 37.7 Å². The highest BCUT2D eigenvalue weighted by Gasteiger charge is 2.31. The maximum Gasteiger partial charge on any atom is 0.241 e. The summed E-state index contributed by atoms with van der Waals surface area (Å²) in [7, 11) is -3.91. The first-order chi connectivity index (χ1) is 17.0. The van der Waals surface area contributed by atoms with Gasteiger partial charge in [-0.3, -0.25) is 4.79 Å². The molecule has 35 heavy (non-hydrogen) atoms. The lowest BCUT2D eigenvalue weighted by Crippen LogP contribution is -2.55. The van der Waals surface area contributed by atoms with Gasteiger partial charge in [-0.25, -0.2) is 8.42 Å². The molecule has 0 spiro atoms. The summed E-state index contributed by atoms with van der Waals surface area (Å²) >= 11 is 0. The Balaban J connectivity index is 1.49. The molecule has 1 aliphatic rings. The van der Waals surface area contributed by atoms with Gasteiger partial charge in [0, 0.05) is 31.9 Å². The number of hydrogen-bond acceptors (Lipinski definition) is 5. The van der Waals surface area contributed by atoms with Crippen LogP contribution in [0.5, 0.6) is 5.75 Å². The molecule has 0 aromatic heterocycles. The van der Waals surface area contributed by atoms with E-state index in [9.17, 15) is 13.2 Å². The molecule has 0 aliphatic carbocycles. The quantitative estimate of drug-likeness (QED) is 0.495. The molecule has 1 saturated heterocycles. The van der Waals surface area contributed by atoms with Crippen LogP contribution in [0.1, 0.15) is 12.5 Å². The average Bonchev–Trinajstić information content (AvgIpc) is 2.89. The fourth-order valence-corrected chi connectivity index (χ4v) is 5.40. The Bertz CT molecular complexity index is 1190. The summed E-state index contributed by atoms with van der Waals surface area (Å²) in [6, 6.07) is 24.9. The number of nitrogens with zero attached hydrogens (tertiary/aromatic N) is 2. The number of benzene rings is 3. The van der Waals surface area contributed by atoms with Crippen LogP contribution in [0.4, 0.5) is 5.69 Å². The van der Waals surface area contributed by atoms with Gasteiger partial charge in [-0.1, -0.05) is 48.5 Å². The van der Waals surface area contributed by atoms with Gasteiger partial charge < -0.3 is 14.5 Å². The van der Waals surface area contributed by atoms with Gasteiger partial charge in [-0.2, -0.15) is 4.72 Å². The zero-order chi connectivity index (χ0) is 24.7. The van der Waals surface area contributed by atoms with E-state index in [2.05, 4.69) is 21.8 Å². The highest BCUT2D eigenvalue weighted by molar-refractivity contribution is 7.89. The van der Waals surface area contributed by atoms with Gasteiger partial charge in [0.2, 0.25) is 15.9 Å². The van der Waals surface area contributed by atoms with Crippen LogP contribution in [0.3, 0.4) is 0 Å². The minimum atomic E-state index is -3.91. The summed E-state index contributed by atoms with van der Waals surface area (Å²) in [5, 5.41) is 0. The van der Waals surface area contributed by atoms with Crippen molar-refractivity contribution in [3.63, 3.8) is 0 Å². The molecular formula is C27H31N3O4S. The second-order valence-corrected chi connectivity index (χ2v) is 10.1. The zero-order valence-electron chi connectivity index (χ0n) is 19.8. The van der Waals surface area contributed by atoms with Crippen molar-refractivity contribution in [2.45, 2.75) is 24.3 Å². The van der Waals surface area contributed by atoms with Crippen molar-refractivity contribution in [3.05, 3.63) is 90.5 Å². The molecule has 3 aromatic carbocycles. The number of ether oxygens (including phenoxy) is 1. The van der Waals surface area contributed by atoms with Crippen LogP contribution in [-0.4, -0.2) is 58.1 Å². The van der Waals surface area contributed by atoms with Crippen LogP contribution in [-0.2, 0) is 21.2 Å². The Morgan fingerprint density at radius 1 is 0.886 bits per heavy atom. The lowest BCUT2D eigenvalue weighted by molar-refractivity contribution is -0.133. The predicted molar refractivity (Wildman–Crippen MR) is 137 cm³/mol. The van der Waals surface area contributed by atoms with Gasteiger partial charge in [-0.05, 0) is 55.3 Å². The van der Waals surface area contributed by atoms with Gasteiger partial charge >= 0.3 is 0 Å². The molecule has 1 N–H and O–H groups in total. The Morgan fingerprint density at radius 2 is 1.49 bits per heavy atom. The van der Waals surface area contributed by atoms with E-state index < -0.39 is 16.1 Å². The van der Waals surface area contributed by atoms with Crippen molar-refractivity contribution < 1.29 is 17.9 Å². The number of amides is 1. The van der Waals surface area contributed by atoms with E-state index in [1.54, 1.807) is 17.0 Å². The van der Waals surface area contributed by atoms with Crippen LogP contribution < -0.4 is 14.4 Å². The third kappa shape index (κ3) is 6.41. The smallest absolute Gasteiger partial charge is 0.241 e. The number of sulfonamides is 1. The largest absolute Gasteiger partial charge is 0.494 e. The summed E-state index contributed by atoms with van der Waals surface area (Å²) in [4.78, 5) is 17.6. The number of hydrogen-bond donors (Lipinski definition) is 1. The van der Waals surface area contributed by atoms with Crippen LogP contribution in [0.25, 0.3) is 0 Å². The molecule has 184 valence electrons. The molecule has 8 heteroatoms. The van der Waals surface area contributed by atoms with Crippen LogP contribution in [0, 0.1) is 0 Å². The second kappa shape index (κ2) is 11.4. The maximum atomic E-state index is 13.6. The summed E-state index contributed by atoms with van der Waals surface area (Å²) in [6.07, 6.45) is 0.273. The van der Waals surface area contributed by atoms with Gasteiger partial charge in [0.25, 0.3) is 0 Å². The molecule has 7 nitrogen and oxygen atoms in total. The van der Waals surface area contributed by atoms with E-state index in [1.807, 2.05) is 55.5 Å². The Hall–Kier alpha value is -3.36. The molecule has 0 unspecified atom stereocenters. The number of carbonyl (C=O) groups is 1. The monoisotopic (exact) mass is 493 g/mol. The van der Waals surface area contributed by atoms with Crippen LogP contribution >= 0.6 is 0 Å². The predicted octanol–water partition coefficient (Wildman–Crippen LogP) is 3.32. The normalized spacial score (nSPS) is 15.0. The summed E-state index contributed by atoms with van der Waals surface area (Å²) in [5.41, 5.74) is 2.01. The second-order valence-electron chi connectivity index (χ2n) is 8.42. The van der Waals surface area contributed by atoms with Crippen molar-refractivity contribution in [1.29, 1.82) is 0 Å². The number of carbonyl (C=O) groups excluding carboxylic acids is 1. The molecule has 1 heterocycles. The van der Waals surface area contributed by atoms with E-state index in [1.165, 1.54) is 12.1 Å². The molecule has 1 atom stereocenters. The molecule has 0 bridgehead atoms. The fraction of sp³-hybridized carbons (Fsp3) is 0.296. The number of nitrogens with one attached hydrogen (secondary N) is 1. The van der Waals surface area contributed by atoms with Crippen LogP contribution in [0.2, 0.25) is 0 Å². The maximum absolute atomic E-state index is 13.6. The van der Waals surface area contributed by atoms with E-state index in [-0.39, 0.29) is 17.2 Å². The molecular weight excluding hydrogens is 462 g/mol. The Labute approximate surface area is 207 Å². The van der Waals surface area contributed by atoms with Crippen molar-refractivity contribution in [2.24, 2.45) is 0 Å². The van der Waals surface area contributed by atoms with Gasteiger partial charge in [0.15, 0.2) is 0 Å². The highest BCUT2D eigenvalue weighted by atomic mass is 32.2. The lowest BCUT2D eigenvalue weighted by Gasteiger charge is -2.37. The molecule has 1 fully saturated rings. The van der Waals surface area contributed by atoms with Crippen molar-refractivity contribution >= 4 is 21.6 Å². The third-order valence-corrected chi connectivity index (χ3v) is 7.52. The molecule has 0 radical (unpaired) electrons. The fourth-order valence-electron chi connectivity index (χ4n) is 4.21. The minimum Gasteiger partial charge on any atom is -0.494 e. The van der Waals surface area contributed by atoms with Crippen LogP contribution in [0.15, 0.2) is 89.8 Å². The van der Waals surface area contributed by atoms with Crippen molar-refractivity contribution in [3.8, 4) is 5.75 Å². The van der Waals surface area contributed by atoms with Gasteiger partial charge in [0.05, 0.1) is 11.5 Å². The standard InChI is InChI=1S/C27H31N3O4S/c1-2-34-24-13-15-25(16-14-24)35(32,33)28-26(21-22-9-5-3-6-10-22)27(31)30-19-17-29(18-20-30)23-11-7-4-8-12-23/h3-16,26,28H,2,17-21H2,1H3/t26-/m0/s1. The van der Waals surface area contributed by atoms with Gasteiger partial charge in [0.1, 0.15) is 11.8 Å². The number of piperazine rings is 1. The number of anilines is 1. The van der Waals surface area contributed by atoms with E-state index in [4.69, 9.17) is 4.74 Å². The first kappa shape index (κ1) is 24.8. The molecule has 1 amide bonds. The number of rotatable bonds is 9. The topological polar surface area (TPSA) is 78.9 Å². The summed E-state index contributed by atoms with van der Waals surface area (Å²) in [5.74, 6) is 0.385. The Morgan fingerprint density at radius 3 is 2.09 bits per heavy atom. The first-order valence-corrected chi connectivity index (χ1v) is 13.3. The van der Waals surface area contributed by atoms with E-state index >= 15 is 0 Å². The lowest BCUT2D eigenvalue weighted by atomic mass is 10.1. The highest BCUT2D eigenvalue weighted by Crippen LogP contribution is 2.19. The first-order valence-electron chi connectivity index (χ1n) is 11.8.